The standard InChI is InChI=1S/C23H20ClN3O/c1-16-7-9-18(10-8-16)22(17-5-3-2-4-6-17)25-15-21-26-23(27-28-21)19-11-13-20(24)14-12-19/h2-14,22,25H,15H2,1H3/t22-/m0/s1. The van der Waals surface area contributed by atoms with Crippen LogP contribution in [0, 0.1) is 6.92 Å². The van der Waals surface area contributed by atoms with Crippen molar-refractivity contribution in [2.24, 2.45) is 0 Å². The molecule has 0 saturated heterocycles. The van der Waals surface area contributed by atoms with E-state index in [9.17, 15) is 0 Å². The number of benzene rings is 3. The van der Waals surface area contributed by atoms with Gasteiger partial charge in [-0.15, -0.1) is 0 Å². The zero-order valence-corrected chi connectivity index (χ0v) is 16.2. The zero-order chi connectivity index (χ0) is 19.3. The number of hydrogen-bond donors (Lipinski definition) is 1. The van der Waals surface area contributed by atoms with Gasteiger partial charge in [0.1, 0.15) is 0 Å². The van der Waals surface area contributed by atoms with E-state index in [1.54, 1.807) is 0 Å². The molecule has 0 aliphatic carbocycles. The molecule has 28 heavy (non-hydrogen) atoms. The van der Waals surface area contributed by atoms with Crippen LogP contribution in [0.25, 0.3) is 11.4 Å². The molecule has 4 rings (SSSR count). The highest BCUT2D eigenvalue weighted by Crippen LogP contribution is 2.23. The first kappa shape index (κ1) is 18.4. The fourth-order valence-electron chi connectivity index (χ4n) is 3.06. The molecule has 0 radical (unpaired) electrons. The van der Waals surface area contributed by atoms with Gasteiger partial charge in [-0.05, 0) is 42.3 Å². The van der Waals surface area contributed by atoms with Crippen molar-refractivity contribution in [1.29, 1.82) is 0 Å². The predicted octanol–water partition coefficient (Wildman–Crippen LogP) is 5.58. The normalized spacial score (nSPS) is 12.1. The Morgan fingerprint density at radius 3 is 2.29 bits per heavy atom. The molecule has 0 unspecified atom stereocenters. The third-order valence-corrected chi connectivity index (χ3v) is 4.82. The minimum Gasteiger partial charge on any atom is -0.338 e. The first-order valence-electron chi connectivity index (χ1n) is 9.12. The van der Waals surface area contributed by atoms with Crippen LogP contribution < -0.4 is 5.32 Å². The summed E-state index contributed by atoms with van der Waals surface area (Å²) >= 11 is 5.94. The molecule has 1 atom stereocenters. The van der Waals surface area contributed by atoms with Crippen LogP contribution in [0.15, 0.2) is 83.4 Å². The lowest BCUT2D eigenvalue weighted by Crippen LogP contribution is -2.22. The molecule has 4 aromatic rings. The van der Waals surface area contributed by atoms with Gasteiger partial charge in [-0.25, -0.2) is 0 Å². The summed E-state index contributed by atoms with van der Waals surface area (Å²) in [7, 11) is 0. The summed E-state index contributed by atoms with van der Waals surface area (Å²) in [6.07, 6.45) is 0. The van der Waals surface area contributed by atoms with Crippen LogP contribution in [-0.4, -0.2) is 10.1 Å². The Balaban J connectivity index is 1.53. The predicted molar refractivity (Wildman–Crippen MR) is 111 cm³/mol. The van der Waals surface area contributed by atoms with Crippen LogP contribution in [0.1, 0.15) is 28.6 Å². The maximum Gasteiger partial charge on any atom is 0.240 e. The minimum absolute atomic E-state index is 0.0349. The molecule has 0 aliphatic rings. The van der Waals surface area contributed by atoms with E-state index < -0.39 is 0 Å². The SMILES string of the molecule is Cc1ccc([C@@H](NCc2nc(-c3ccc(Cl)cc3)no2)c2ccccc2)cc1. The lowest BCUT2D eigenvalue weighted by molar-refractivity contribution is 0.363. The first-order chi connectivity index (χ1) is 13.7. The van der Waals surface area contributed by atoms with Gasteiger partial charge in [0.05, 0.1) is 12.6 Å². The van der Waals surface area contributed by atoms with Crippen molar-refractivity contribution in [1.82, 2.24) is 15.5 Å². The van der Waals surface area contributed by atoms with Gasteiger partial charge in [0.25, 0.3) is 0 Å². The van der Waals surface area contributed by atoms with Gasteiger partial charge < -0.3 is 4.52 Å². The van der Waals surface area contributed by atoms with Crippen LogP contribution in [0.2, 0.25) is 5.02 Å². The first-order valence-corrected chi connectivity index (χ1v) is 9.50. The summed E-state index contributed by atoms with van der Waals surface area (Å²) in [6.45, 7) is 2.56. The lowest BCUT2D eigenvalue weighted by Gasteiger charge is -2.19. The van der Waals surface area contributed by atoms with E-state index in [2.05, 4.69) is 58.8 Å². The van der Waals surface area contributed by atoms with Gasteiger partial charge in [0.15, 0.2) is 0 Å². The highest BCUT2D eigenvalue weighted by Gasteiger charge is 2.16. The van der Waals surface area contributed by atoms with Crippen LogP contribution in [0.3, 0.4) is 0 Å². The van der Waals surface area contributed by atoms with E-state index in [4.69, 9.17) is 16.1 Å². The third-order valence-electron chi connectivity index (χ3n) is 4.57. The molecule has 0 bridgehead atoms. The fourth-order valence-corrected chi connectivity index (χ4v) is 3.19. The number of aryl methyl sites for hydroxylation is 1. The van der Waals surface area contributed by atoms with Gasteiger partial charge in [-0.1, -0.05) is 76.9 Å². The molecular weight excluding hydrogens is 370 g/mol. The van der Waals surface area contributed by atoms with Crippen molar-refractivity contribution in [2.45, 2.75) is 19.5 Å². The van der Waals surface area contributed by atoms with Crippen molar-refractivity contribution in [2.75, 3.05) is 0 Å². The Morgan fingerprint density at radius 1 is 0.893 bits per heavy atom. The number of nitrogens with one attached hydrogen (secondary N) is 1. The molecule has 0 saturated carbocycles. The molecule has 1 heterocycles. The summed E-state index contributed by atoms with van der Waals surface area (Å²) in [5, 5.41) is 8.31. The van der Waals surface area contributed by atoms with E-state index >= 15 is 0 Å². The Hall–Kier alpha value is -2.95. The molecule has 0 aliphatic heterocycles. The van der Waals surface area contributed by atoms with Crippen molar-refractivity contribution >= 4 is 11.6 Å². The minimum atomic E-state index is 0.0349. The molecule has 5 heteroatoms. The largest absolute Gasteiger partial charge is 0.338 e. The summed E-state index contributed by atoms with van der Waals surface area (Å²) in [6, 6.07) is 26.3. The summed E-state index contributed by atoms with van der Waals surface area (Å²) in [5.41, 5.74) is 4.48. The van der Waals surface area contributed by atoms with E-state index in [-0.39, 0.29) is 6.04 Å². The second kappa shape index (κ2) is 8.38. The van der Waals surface area contributed by atoms with Crippen molar-refractivity contribution < 1.29 is 4.52 Å². The smallest absolute Gasteiger partial charge is 0.240 e. The van der Waals surface area contributed by atoms with Crippen molar-refractivity contribution in [3.05, 3.63) is 106 Å². The Labute approximate surface area is 169 Å². The van der Waals surface area contributed by atoms with Gasteiger partial charge in [0.2, 0.25) is 11.7 Å². The van der Waals surface area contributed by atoms with E-state index in [1.807, 2.05) is 42.5 Å². The molecule has 3 aromatic carbocycles. The molecule has 0 spiro atoms. The fraction of sp³-hybridized carbons (Fsp3) is 0.130. The molecule has 1 N–H and O–H groups in total. The van der Waals surface area contributed by atoms with Gasteiger partial charge in [-0.3, -0.25) is 5.32 Å². The number of rotatable bonds is 6. The van der Waals surface area contributed by atoms with Gasteiger partial charge in [0, 0.05) is 10.6 Å². The molecule has 4 nitrogen and oxygen atoms in total. The summed E-state index contributed by atoms with van der Waals surface area (Å²) < 4.78 is 5.43. The van der Waals surface area contributed by atoms with Gasteiger partial charge >= 0.3 is 0 Å². The maximum absolute atomic E-state index is 5.94. The van der Waals surface area contributed by atoms with E-state index in [0.717, 1.165) is 5.56 Å². The van der Waals surface area contributed by atoms with E-state index in [1.165, 1.54) is 16.7 Å². The average molecular weight is 390 g/mol. The molecular formula is C23H20ClN3O. The number of aromatic nitrogens is 2. The molecule has 0 fully saturated rings. The highest BCUT2D eigenvalue weighted by atomic mass is 35.5. The summed E-state index contributed by atoms with van der Waals surface area (Å²) in [5.74, 6) is 1.10. The van der Waals surface area contributed by atoms with E-state index in [0.29, 0.717) is 23.3 Å². The van der Waals surface area contributed by atoms with Crippen LogP contribution in [-0.2, 0) is 6.54 Å². The van der Waals surface area contributed by atoms with Crippen molar-refractivity contribution in [3.8, 4) is 11.4 Å². The summed E-state index contributed by atoms with van der Waals surface area (Å²) in [4.78, 5) is 4.50. The molecule has 0 amide bonds. The van der Waals surface area contributed by atoms with Gasteiger partial charge in [-0.2, -0.15) is 4.98 Å². The zero-order valence-electron chi connectivity index (χ0n) is 15.5. The van der Waals surface area contributed by atoms with Crippen molar-refractivity contribution in [3.63, 3.8) is 0 Å². The number of hydrogen-bond acceptors (Lipinski definition) is 4. The topological polar surface area (TPSA) is 51.0 Å². The van der Waals surface area contributed by atoms with Crippen LogP contribution in [0.4, 0.5) is 0 Å². The quantitative estimate of drug-likeness (QED) is 0.467. The average Bonchev–Trinajstić information content (AvgIpc) is 3.20. The molecule has 140 valence electrons. The second-order valence-electron chi connectivity index (χ2n) is 6.65. The second-order valence-corrected chi connectivity index (χ2v) is 7.09. The van der Waals surface area contributed by atoms with Crippen LogP contribution in [0.5, 0.6) is 0 Å². The Bertz CT molecular complexity index is 1030. The number of halogens is 1. The Kier molecular flexibility index (Phi) is 5.51. The lowest BCUT2D eigenvalue weighted by atomic mass is 9.98. The maximum atomic E-state index is 5.94. The highest BCUT2D eigenvalue weighted by molar-refractivity contribution is 6.30. The number of nitrogens with zero attached hydrogens (tertiary/aromatic N) is 2. The third kappa shape index (κ3) is 4.30. The Morgan fingerprint density at radius 2 is 1.57 bits per heavy atom. The molecule has 1 aromatic heterocycles. The monoisotopic (exact) mass is 389 g/mol. The van der Waals surface area contributed by atoms with Crippen LogP contribution >= 0.6 is 11.6 Å².